The average molecular weight is 237 g/mol. The number of aromatic nitrogens is 1. The minimum Gasteiger partial charge on any atom is -0.478 e. The molecule has 86 valence electrons. The SMILES string of the molecule is Cc1cc(C)c(C(=O)O)c(SC2CCC2)n1. The lowest BCUT2D eigenvalue weighted by Gasteiger charge is -2.25. The van der Waals surface area contributed by atoms with Crippen LogP contribution in [-0.4, -0.2) is 21.3 Å². The van der Waals surface area contributed by atoms with Crippen molar-refractivity contribution in [2.24, 2.45) is 0 Å². The predicted octanol–water partition coefficient (Wildman–Crippen LogP) is 3.04. The van der Waals surface area contributed by atoms with E-state index in [4.69, 9.17) is 0 Å². The van der Waals surface area contributed by atoms with E-state index in [-0.39, 0.29) is 0 Å². The monoisotopic (exact) mass is 237 g/mol. The lowest BCUT2D eigenvalue weighted by Crippen LogP contribution is -2.15. The molecule has 16 heavy (non-hydrogen) atoms. The van der Waals surface area contributed by atoms with E-state index in [0.717, 1.165) is 11.3 Å². The third-order valence-corrected chi connectivity index (χ3v) is 4.18. The highest BCUT2D eigenvalue weighted by Gasteiger charge is 2.23. The Balaban J connectivity index is 2.35. The molecule has 0 saturated heterocycles. The summed E-state index contributed by atoms with van der Waals surface area (Å²) in [5.41, 5.74) is 2.08. The van der Waals surface area contributed by atoms with Gasteiger partial charge >= 0.3 is 5.97 Å². The van der Waals surface area contributed by atoms with Crippen LogP contribution in [0.1, 0.15) is 40.9 Å². The van der Waals surface area contributed by atoms with Crippen LogP contribution >= 0.6 is 11.8 Å². The van der Waals surface area contributed by atoms with Crippen molar-refractivity contribution >= 4 is 17.7 Å². The van der Waals surface area contributed by atoms with Crippen molar-refractivity contribution in [3.63, 3.8) is 0 Å². The van der Waals surface area contributed by atoms with E-state index >= 15 is 0 Å². The number of pyridine rings is 1. The second-order valence-electron chi connectivity index (χ2n) is 4.24. The summed E-state index contributed by atoms with van der Waals surface area (Å²) >= 11 is 1.62. The molecule has 2 rings (SSSR count). The Morgan fingerprint density at radius 3 is 2.69 bits per heavy atom. The van der Waals surface area contributed by atoms with Crippen molar-refractivity contribution in [3.05, 3.63) is 22.9 Å². The van der Waals surface area contributed by atoms with Crippen LogP contribution in [0.25, 0.3) is 0 Å². The van der Waals surface area contributed by atoms with Gasteiger partial charge in [-0.15, -0.1) is 11.8 Å². The van der Waals surface area contributed by atoms with Gasteiger partial charge in [-0.2, -0.15) is 0 Å². The molecule has 1 N–H and O–H groups in total. The molecule has 1 aliphatic carbocycles. The van der Waals surface area contributed by atoms with Gasteiger partial charge in [0.1, 0.15) is 5.03 Å². The van der Waals surface area contributed by atoms with Gasteiger partial charge in [-0.25, -0.2) is 9.78 Å². The van der Waals surface area contributed by atoms with Gasteiger partial charge in [0.15, 0.2) is 0 Å². The van der Waals surface area contributed by atoms with Crippen LogP contribution in [0, 0.1) is 13.8 Å². The summed E-state index contributed by atoms with van der Waals surface area (Å²) in [6.07, 6.45) is 3.61. The second-order valence-corrected chi connectivity index (χ2v) is 5.53. The van der Waals surface area contributed by atoms with Crippen LogP contribution in [0.3, 0.4) is 0 Å². The van der Waals surface area contributed by atoms with Gasteiger partial charge in [-0.1, -0.05) is 6.42 Å². The second kappa shape index (κ2) is 4.45. The molecule has 0 amide bonds. The number of aryl methyl sites for hydroxylation is 2. The molecule has 0 spiro atoms. The molecule has 1 heterocycles. The molecule has 1 fully saturated rings. The summed E-state index contributed by atoms with van der Waals surface area (Å²) < 4.78 is 0. The summed E-state index contributed by atoms with van der Waals surface area (Å²) in [5.74, 6) is -0.869. The number of hydrogen-bond donors (Lipinski definition) is 1. The molecule has 0 unspecified atom stereocenters. The number of rotatable bonds is 3. The van der Waals surface area contributed by atoms with Crippen molar-refractivity contribution in [3.8, 4) is 0 Å². The minimum absolute atomic E-state index is 0.377. The maximum atomic E-state index is 11.2. The van der Waals surface area contributed by atoms with E-state index in [9.17, 15) is 9.90 Å². The van der Waals surface area contributed by atoms with Gasteiger partial charge in [0.2, 0.25) is 0 Å². The summed E-state index contributed by atoms with van der Waals surface area (Å²) in [4.78, 5) is 15.5. The average Bonchev–Trinajstić information content (AvgIpc) is 2.09. The first-order valence-corrected chi connectivity index (χ1v) is 6.34. The van der Waals surface area contributed by atoms with Crippen molar-refractivity contribution in [1.82, 2.24) is 4.98 Å². The highest BCUT2D eigenvalue weighted by atomic mass is 32.2. The van der Waals surface area contributed by atoms with E-state index in [1.807, 2.05) is 19.9 Å². The zero-order chi connectivity index (χ0) is 11.7. The van der Waals surface area contributed by atoms with Crippen LogP contribution in [0.4, 0.5) is 0 Å². The van der Waals surface area contributed by atoms with Crippen LogP contribution in [0.5, 0.6) is 0 Å². The maximum absolute atomic E-state index is 11.2. The molecular weight excluding hydrogens is 222 g/mol. The molecular formula is C12H15NO2S. The highest BCUT2D eigenvalue weighted by molar-refractivity contribution is 8.00. The molecule has 1 aromatic heterocycles. The Morgan fingerprint density at radius 1 is 1.50 bits per heavy atom. The van der Waals surface area contributed by atoms with E-state index in [1.54, 1.807) is 11.8 Å². The Labute approximate surface area is 99.3 Å². The van der Waals surface area contributed by atoms with Gasteiger partial charge in [0.05, 0.1) is 5.56 Å². The van der Waals surface area contributed by atoms with Crippen molar-refractivity contribution in [1.29, 1.82) is 0 Å². The molecule has 0 atom stereocenters. The number of carboxylic acid groups (broad SMARTS) is 1. The molecule has 0 aliphatic heterocycles. The first kappa shape index (κ1) is 11.5. The number of carbonyl (C=O) groups is 1. The smallest absolute Gasteiger partial charge is 0.338 e. The number of aromatic carboxylic acids is 1. The first-order chi connectivity index (χ1) is 7.58. The van der Waals surface area contributed by atoms with E-state index in [2.05, 4.69) is 4.98 Å². The largest absolute Gasteiger partial charge is 0.478 e. The Bertz CT molecular complexity index is 427. The summed E-state index contributed by atoms with van der Waals surface area (Å²) in [6.45, 7) is 3.74. The normalized spacial score (nSPS) is 15.9. The zero-order valence-corrected chi connectivity index (χ0v) is 10.3. The van der Waals surface area contributed by atoms with Crippen molar-refractivity contribution in [2.75, 3.05) is 0 Å². The third-order valence-electron chi connectivity index (χ3n) is 2.86. The lowest BCUT2D eigenvalue weighted by molar-refractivity contribution is 0.0691. The first-order valence-electron chi connectivity index (χ1n) is 5.46. The van der Waals surface area contributed by atoms with Crippen LogP contribution in [-0.2, 0) is 0 Å². The number of nitrogens with zero attached hydrogens (tertiary/aromatic N) is 1. The molecule has 1 aromatic rings. The topological polar surface area (TPSA) is 50.2 Å². The standard InChI is InChI=1S/C12H15NO2S/c1-7-6-8(2)13-11(10(7)12(14)15)16-9-4-3-5-9/h6,9H,3-5H2,1-2H3,(H,14,15). The minimum atomic E-state index is -0.869. The number of thioether (sulfide) groups is 1. The molecule has 0 aromatic carbocycles. The van der Waals surface area contributed by atoms with Gasteiger partial charge in [0.25, 0.3) is 0 Å². The maximum Gasteiger partial charge on any atom is 0.338 e. The zero-order valence-electron chi connectivity index (χ0n) is 9.49. The molecule has 0 bridgehead atoms. The molecule has 0 radical (unpaired) electrons. The Kier molecular flexibility index (Phi) is 3.19. The molecule has 3 nitrogen and oxygen atoms in total. The van der Waals surface area contributed by atoms with Crippen LogP contribution in [0.2, 0.25) is 0 Å². The molecule has 1 saturated carbocycles. The number of hydrogen-bond acceptors (Lipinski definition) is 3. The van der Waals surface area contributed by atoms with Gasteiger partial charge < -0.3 is 5.11 Å². The summed E-state index contributed by atoms with van der Waals surface area (Å²) in [7, 11) is 0. The van der Waals surface area contributed by atoms with E-state index in [0.29, 0.717) is 15.8 Å². The van der Waals surface area contributed by atoms with Gasteiger partial charge in [-0.05, 0) is 38.3 Å². The fourth-order valence-corrected chi connectivity index (χ4v) is 3.24. The van der Waals surface area contributed by atoms with Crippen LogP contribution < -0.4 is 0 Å². The Morgan fingerprint density at radius 2 is 2.19 bits per heavy atom. The van der Waals surface area contributed by atoms with Crippen molar-refractivity contribution in [2.45, 2.75) is 43.4 Å². The quantitative estimate of drug-likeness (QED) is 0.877. The molecule has 4 heteroatoms. The van der Waals surface area contributed by atoms with Gasteiger partial charge in [-0.3, -0.25) is 0 Å². The fraction of sp³-hybridized carbons (Fsp3) is 0.500. The third kappa shape index (κ3) is 2.21. The van der Waals surface area contributed by atoms with Gasteiger partial charge in [0, 0.05) is 10.9 Å². The predicted molar refractivity (Wildman–Crippen MR) is 64.2 cm³/mol. The molecule has 1 aliphatic rings. The number of carboxylic acids is 1. The summed E-state index contributed by atoms with van der Waals surface area (Å²) in [5, 5.41) is 10.4. The van der Waals surface area contributed by atoms with Crippen LogP contribution in [0.15, 0.2) is 11.1 Å². The fourth-order valence-electron chi connectivity index (χ4n) is 1.79. The lowest BCUT2D eigenvalue weighted by atomic mass is 10.00. The summed E-state index contributed by atoms with van der Waals surface area (Å²) in [6, 6.07) is 1.83. The highest BCUT2D eigenvalue weighted by Crippen LogP contribution is 2.37. The Hall–Kier alpha value is -1.03. The van der Waals surface area contributed by atoms with Crippen molar-refractivity contribution < 1.29 is 9.90 Å². The van der Waals surface area contributed by atoms with E-state index in [1.165, 1.54) is 19.3 Å². The van der Waals surface area contributed by atoms with E-state index < -0.39 is 5.97 Å².